The Morgan fingerprint density at radius 3 is 2.61 bits per heavy atom. The Balaban J connectivity index is 2.16. The monoisotopic (exact) mass is 373 g/mol. The Morgan fingerprint density at radius 2 is 1.94 bits per heavy atom. The van der Waals surface area contributed by atoms with Crippen molar-refractivity contribution in [2.45, 2.75) is 6.61 Å². The van der Waals surface area contributed by atoms with Gasteiger partial charge in [-0.2, -0.15) is 0 Å². The van der Waals surface area contributed by atoms with E-state index in [4.69, 9.17) is 10.5 Å². The van der Waals surface area contributed by atoms with Crippen LogP contribution in [-0.2, 0) is 6.61 Å². The second kappa shape index (κ2) is 5.71. The summed E-state index contributed by atoms with van der Waals surface area (Å²) >= 11 is 6.62. The molecule has 0 spiro atoms. The molecule has 0 heterocycles. The van der Waals surface area contributed by atoms with Crippen LogP contribution in [0.1, 0.15) is 5.56 Å². The van der Waals surface area contributed by atoms with Crippen LogP contribution < -0.4 is 10.5 Å². The molecule has 2 N–H and O–H groups in total. The molecule has 0 aromatic heterocycles. The number of hydrogen-bond acceptors (Lipinski definition) is 2. The third kappa shape index (κ3) is 3.23. The molecule has 2 rings (SSSR count). The zero-order valence-corrected chi connectivity index (χ0v) is 12.5. The van der Waals surface area contributed by atoms with E-state index in [1.54, 1.807) is 12.1 Å². The molecule has 0 radical (unpaired) electrons. The highest BCUT2D eigenvalue weighted by Crippen LogP contribution is 2.26. The summed E-state index contributed by atoms with van der Waals surface area (Å²) < 4.78 is 20.2. The molecule has 0 saturated carbocycles. The molecule has 0 amide bonds. The van der Waals surface area contributed by atoms with E-state index < -0.39 is 0 Å². The number of nitrogens with two attached hydrogens (primary N) is 1. The lowest BCUT2D eigenvalue weighted by Gasteiger charge is -2.10. The van der Waals surface area contributed by atoms with E-state index in [2.05, 4.69) is 31.9 Å². The van der Waals surface area contributed by atoms with Crippen LogP contribution in [0.15, 0.2) is 45.3 Å². The Hall–Kier alpha value is -1.07. The summed E-state index contributed by atoms with van der Waals surface area (Å²) in [5, 5.41) is 0. The van der Waals surface area contributed by atoms with E-state index in [1.165, 1.54) is 12.1 Å². The van der Waals surface area contributed by atoms with Gasteiger partial charge in [0.25, 0.3) is 0 Å². The molecule has 0 saturated heterocycles. The Labute approximate surface area is 121 Å². The number of nitrogen functional groups attached to an aromatic ring is 1. The molecule has 94 valence electrons. The van der Waals surface area contributed by atoms with Gasteiger partial charge < -0.3 is 10.5 Å². The molecule has 18 heavy (non-hydrogen) atoms. The maximum absolute atomic E-state index is 13.2. The average molecular weight is 375 g/mol. The third-order valence-electron chi connectivity index (χ3n) is 2.37. The molecule has 2 nitrogen and oxygen atoms in total. The molecule has 0 fully saturated rings. The number of anilines is 1. The van der Waals surface area contributed by atoms with E-state index >= 15 is 0 Å². The van der Waals surface area contributed by atoms with Crippen LogP contribution in [0.25, 0.3) is 0 Å². The maximum atomic E-state index is 13.2. The molecule has 2 aromatic carbocycles. The van der Waals surface area contributed by atoms with Crippen LogP contribution in [0, 0.1) is 5.82 Å². The van der Waals surface area contributed by atoms with Crippen LogP contribution in [-0.4, -0.2) is 0 Å². The van der Waals surface area contributed by atoms with Crippen LogP contribution in [0.4, 0.5) is 10.1 Å². The normalized spacial score (nSPS) is 10.4. The first-order valence-electron chi connectivity index (χ1n) is 5.18. The average Bonchev–Trinajstić information content (AvgIpc) is 2.27. The predicted octanol–water partition coefficient (Wildman–Crippen LogP) is 4.51. The van der Waals surface area contributed by atoms with Gasteiger partial charge >= 0.3 is 0 Å². The van der Waals surface area contributed by atoms with Crippen molar-refractivity contribution in [2.24, 2.45) is 0 Å². The van der Waals surface area contributed by atoms with Gasteiger partial charge in [0, 0.05) is 26.3 Å². The molecule has 0 aliphatic carbocycles. The minimum Gasteiger partial charge on any atom is -0.489 e. The van der Waals surface area contributed by atoms with Crippen LogP contribution in [0.2, 0.25) is 0 Å². The highest BCUT2D eigenvalue weighted by molar-refractivity contribution is 9.10. The van der Waals surface area contributed by atoms with E-state index in [9.17, 15) is 4.39 Å². The lowest BCUT2D eigenvalue weighted by molar-refractivity contribution is 0.304. The second-order valence-electron chi connectivity index (χ2n) is 3.70. The number of ether oxygens (including phenoxy) is 1. The highest BCUT2D eigenvalue weighted by atomic mass is 79.9. The fourth-order valence-electron chi connectivity index (χ4n) is 1.49. The summed E-state index contributed by atoms with van der Waals surface area (Å²) in [4.78, 5) is 0. The van der Waals surface area contributed by atoms with Crippen LogP contribution in [0.5, 0.6) is 5.75 Å². The fourth-order valence-corrected chi connectivity index (χ4v) is 2.44. The number of halogens is 3. The number of hydrogen-bond donors (Lipinski definition) is 1. The van der Waals surface area contributed by atoms with Crippen molar-refractivity contribution >= 4 is 37.5 Å². The molecule has 0 bridgehead atoms. The van der Waals surface area contributed by atoms with Crippen molar-refractivity contribution in [3.05, 3.63) is 56.7 Å². The molecular weight excluding hydrogens is 365 g/mol. The van der Waals surface area contributed by atoms with E-state index in [-0.39, 0.29) is 12.4 Å². The lowest BCUT2D eigenvalue weighted by Crippen LogP contribution is -2.01. The molecule has 0 aliphatic rings. The minimum atomic E-state index is -0.348. The molecule has 0 atom stereocenters. The van der Waals surface area contributed by atoms with Crippen molar-refractivity contribution in [1.29, 1.82) is 0 Å². The summed E-state index contributed by atoms with van der Waals surface area (Å²) in [7, 11) is 0. The Morgan fingerprint density at radius 1 is 1.17 bits per heavy atom. The van der Waals surface area contributed by atoms with E-state index in [0.29, 0.717) is 15.9 Å². The first kappa shape index (κ1) is 13.4. The molecular formula is C13H10Br2FNO. The van der Waals surface area contributed by atoms with Crippen molar-refractivity contribution < 1.29 is 9.13 Å². The van der Waals surface area contributed by atoms with Gasteiger partial charge in [0.05, 0.1) is 0 Å². The molecule has 0 unspecified atom stereocenters. The minimum absolute atomic E-state index is 0.281. The van der Waals surface area contributed by atoms with Gasteiger partial charge in [-0.3, -0.25) is 0 Å². The second-order valence-corrected chi connectivity index (χ2v) is 5.47. The largest absolute Gasteiger partial charge is 0.489 e. The summed E-state index contributed by atoms with van der Waals surface area (Å²) in [5.74, 6) is 0.108. The first-order valence-corrected chi connectivity index (χ1v) is 6.76. The van der Waals surface area contributed by atoms with Gasteiger partial charge in [0.1, 0.15) is 18.2 Å². The summed E-state index contributed by atoms with van der Waals surface area (Å²) in [6.45, 7) is 0.281. The van der Waals surface area contributed by atoms with Crippen molar-refractivity contribution in [1.82, 2.24) is 0 Å². The summed E-state index contributed by atoms with van der Waals surface area (Å²) in [6.07, 6.45) is 0. The van der Waals surface area contributed by atoms with Gasteiger partial charge in [-0.25, -0.2) is 4.39 Å². The first-order chi connectivity index (χ1) is 8.56. The summed E-state index contributed by atoms with van der Waals surface area (Å²) in [5.41, 5.74) is 7.34. The van der Waals surface area contributed by atoms with Crippen molar-refractivity contribution in [3.63, 3.8) is 0 Å². The zero-order valence-electron chi connectivity index (χ0n) is 9.29. The van der Waals surface area contributed by atoms with Gasteiger partial charge in [-0.1, -0.05) is 37.9 Å². The SMILES string of the molecule is Nc1cccc(Br)c1COc1cc(F)cc(Br)c1. The summed E-state index contributed by atoms with van der Waals surface area (Å²) in [6, 6.07) is 9.94. The van der Waals surface area contributed by atoms with E-state index in [0.717, 1.165) is 10.0 Å². The third-order valence-corrected chi connectivity index (χ3v) is 3.58. The standard InChI is InChI=1S/C13H10Br2FNO/c14-8-4-9(16)6-10(5-8)18-7-11-12(15)2-1-3-13(11)17/h1-6H,7,17H2. The zero-order chi connectivity index (χ0) is 13.1. The van der Waals surface area contributed by atoms with E-state index in [1.807, 2.05) is 12.1 Å². The molecule has 2 aromatic rings. The van der Waals surface area contributed by atoms with Crippen molar-refractivity contribution in [2.75, 3.05) is 5.73 Å². The van der Waals surface area contributed by atoms with Gasteiger partial charge in [0.15, 0.2) is 0 Å². The molecule has 0 aliphatic heterocycles. The van der Waals surface area contributed by atoms with Crippen LogP contribution in [0.3, 0.4) is 0 Å². The smallest absolute Gasteiger partial charge is 0.128 e. The predicted molar refractivity (Wildman–Crippen MR) is 77.0 cm³/mol. The van der Waals surface area contributed by atoms with Gasteiger partial charge in [0.2, 0.25) is 0 Å². The maximum Gasteiger partial charge on any atom is 0.128 e. The van der Waals surface area contributed by atoms with Crippen LogP contribution >= 0.6 is 31.9 Å². The van der Waals surface area contributed by atoms with Crippen molar-refractivity contribution in [3.8, 4) is 5.75 Å². The Kier molecular flexibility index (Phi) is 4.24. The highest BCUT2D eigenvalue weighted by Gasteiger charge is 2.06. The Bertz CT molecular complexity index is 534. The molecule has 5 heteroatoms. The number of rotatable bonds is 3. The lowest BCUT2D eigenvalue weighted by atomic mass is 10.2. The number of benzene rings is 2. The van der Waals surface area contributed by atoms with Gasteiger partial charge in [-0.05, 0) is 24.3 Å². The van der Waals surface area contributed by atoms with Gasteiger partial charge in [-0.15, -0.1) is 0 Å². The quantitative estimate of drug-likeness (QED) is 0.802. The fraction of sp³-hybridized carbons (Fsp3) is 0.0769. The topological polar surface area (TPSA) is 35.2 Å².